The predicted molar refractivity (Wildman–Crippen MR) is 171 cm³/mol. The van der Waals surface area contributed by atoms with Crippen LogP contribution in [-0.4, -0.2) is 65.7 Å². The molecule has 10 heteroatoms. The number of hydrogen-bond acceptors (Lipinski definition) is 9. The average Bonchev–Trinajstić information content (AvgIpc) is 3.24. The second kappa shape index (κ2) is 13.9. The van der Waals surface area contributed by atoms with Crippen LogP contribution in [0.3, 0.4) is 0 Å². The van der Waals surface area contributed by atoms with Gasteiger partial charge in [0.1, 0.15) is 17.0 Å². The molecule has 2 saturated heterocycles. The Morgan fingerprint density at radius 1 is 1.16 bits per heavy atom. The molecule has 2 atom stereocenters. The van der Waals surface area contributed by atoms with E-state index in [9.17, 15) is 4.79 Å². The zero-order chi connectivity index (χ0) is 31.0. The minimum absolute atomic E-state index is 0.184. The number of aromatic nitrogens is 3. The Kier molecular flexibility index (Phi) is 10.1. The third-order valence-electron chi connectivity index (χ3n) is 6.99. The molecule has 3 N–H and O–H groups in total. The van der Waals surface area contributed by atoms with Crippen molar-refractivity contribution in [3.63, 3.8) is 0 Å². The Balaban J connectivity index is 0.00000135. The number of benzene rings is 1. The van der Waals surface area contributed by atoms with Gasteiger partial charge in [-0.3, -0.25) is 0 Å². The van der Waals surface area contributed by atoms with Gasteiger partial charge in [0.05, 0.1) is 25.0 Å². The number of carbonyl (C=O) groups excluding carboxylic acids is 1. The zero-order valence-corrected chi connectivity index (χ0v) is 25.6. The standard InChI is InChI=1S/C30H35N7O3.C3H6/c1-30(2,3)40-29(38)33-14-7-8-20-16-21(13-15-32-20)37-22-11-12-23(37)19-36(18-22)26-17-25(34-35-28(26)31)24-9-5-6-10-27(24)39-4;1-3-2/h5-6,9-10,13,15-17,22-23H,11-12,14,18-19H2,1-4H3,(H2,31,35)(H,33,38);3H,1H2,2H3. The molecule has 0 saturated carbocycles. The van der Waals surface area contributed by atoms with Crippen molar-refractivity contribution in [3.05, 3.63) is 67.0 Å². The van der Waals surface area contributed by atoms with Crippen molar-refractivity contribution in [2.24, 2.45) is 0 Å². The third-order valence-corrected chi connectivity index (χ3v) is 6.99. The zero-order valence-electron chi connectivity index (χ0n) is 25.6. The van der Waals surface area contributed by atoms with Crippen molar-refractivity contribution in [2.75, 3.05) is 42.3 Å². The molecule has 2 aliphatic rings. The number of anilines is 3. The summed E-state index contributed by atoms with van der Waals surface area (Å²) in [5.41, 5.74) is 10.1. The molecule has 0 radical (unpaired) electrons. The highest BCUT2D eigenvalue weighted by Crippen LogP contribution is 2.39. The van der Waals surface area contributed by atoms with E-state index in [-0.39, 0.29) is 6.54 Å². The average molecular weight is 584 g/mol. The molecule has 0 spiro atoms. The monoisotopic (exact) mass is 583 g/mol. The van der Waals surface area contributed by atoms with E-state index >= 15 is 0 Å². The molecule has 1 amide bonds. The summed E-state index contributed by atoms with van der Waals surface area (Å²) in [7, 11) is 1.65. The smallest absolute Gasteiger partial charge is 0.408 e. The SMILES string of the molecule is C=CC.COc1ccccc1-c1cc(N2CC3CCC(C2)N3c2ccnc(C#CCNC(=O)OC(C)(C)C)c2)c(N)nn1. The maximum Gasteiger partial charge on any atom is 0.408 e. The van der Waals surface area contributed by atoms with E-state index in [4.69, 9.17) is 15.2 Å². The van der Waals surface area contributed by atoms with Gasteiger partial charge in [-0.25, -0.2) is 9.78 Å². The lowest BCUT2D eigenvalue weighted by Crippen LogP contribution is -2.54. The van der Waals surface area contributed by atoms with Crippen LogP contribution in [0.15, 0.2) is 61.3 Å². The number of para-hydroxylation sites is 1. The Morgan fingerprint density at radius 3 is 2.53 bits per heavy atom. The van der Waals surface area contributed by atoms with Gasteiger partial charge in [-0.2, -0.15) is 0 Å². The van der Waals surface area contributed by atoms with Crippen molar-refractivity contribution < 1.29 is 14.3 Å². The van der Waals surface area contributed by atoms with Crippen molar-refractivity contribution in [3.8, 4) is 28.8 Å². The Labute approximate surface area is 254 Å². The molecule has 43 heavy (non-hydrogen) atoms. The van der Waals surface area contributed by atoms with Crippen molar-refractivity contribution in [1.82, 2.24) is 20.5 Å². The maximum atomic E-state index is 11.8. The number of ether oxygens (including phenoxy) is 2. The Hall–Kier alpha value is -4.78. The number of pyridine rings is 1. The fourth-order valence-electron chi connectivity index (χ4n) is 5.37. The summed E-state index contributed by atoms with van der Waals surface area (Å²) in [6.07, 6.45) is 5.22. The molecule has 3 aromatic rings. The first-order valence-electron chi connectivity index (χ1n) is 14.4. The highest BCUT2D eigenvalue weighted by molar-refractivity contribution is 5.75. The van der Waals surface area contributed by atoms with Crippen LogP contribution in [-0.2, 0) is 4.74 Å². The molecule has 1 aromatic carbocycles. The first kappa shape index (κ1) is 31.2. The minimum Gasteiger partial charge on any atom is -0.496 e. The summed E-state index contributed by atoms with van der Waals surface area (Å²) in [4.78, 5) is 21.0. The Morgan fingerprint density at radius 2 is 1.86 bits per heavy atom. The number of nitrogens with one attached hydrogen (secondary N) is 1. The van der Waals surface area contributed by atoms with Crippen molar-refractivity contribution in [2.45, 2.75) is 58.2 Å². The minimum atomic E-state index is -0.547. The van der Waals surface area contributed by atoms with Gasteiger partial charge in [-0.15, -0.1) is 16.8 Å². The van der Waals surface area contributed by atoms with E-state index in [1.54, 1.807) is 19.4 Å². The summed E-state index contributed by atoms with van der Waals surface area (Å²) < 4.78 is 10.8. The number of nitrogens with two attached hydrogens (primary N) is 1. The van der Waals surface area contributed by atoms with E-state index in [2.05, 4.69) is 48.7 Å². The highest BCUT2D eigenvalue weighted by atomic mass is 16.6. The van der Waals surface area contributed by atoms with Gasteiger partial charge in [0, 0.05) is 42.6 Å². The number of rotatable bonds is 5. The van der Waals surface area contributed by atoms with Crippen LogP contribution in [0, 0.1) is 11.8 Å². The van der Waals surface area contributed by atoms with Gasteiger partial charge < -0.3 is 30.3 Å². The van der Waals surface area contributed by atoms with Crippen LogP contribution in [0.5, 0.6) is 5.75 Å². The molecule has 0 aliphatic carbocycles. The molecule has 2 fully saturated rings. The summed E-state index contributed by atoms with van der Waals surface area (Å²) in [5, 5.41) is 11.3. The lowest BCUT2D eigenvalue weighted by Gasteiger charge is -2.43. The number of carbonyl (C=O) groups is 1. The fourth-order valence-corrected chi connectivity index (χ4v) is 5.37. The lowest BCUT2D eigenvalue weighted by molar-refractivity contribution is 0.0535. The van der Waals surface area contributed by atoms with Crippen LogP contribution < -0.4 is 25.6 Å². The van der Waals surface area contributed by atoms with Crippen LogP contribution in [0.1, 0.15) is 46.2 Å². The van der Waals surface area contributed by atoms with Crippen LogP contribution in [0.4, 0.5) is 22.0 Å². The molecular formula is C33H41N7O3. The van der Waals surface area contributed by atoms with E-state index < -0.39 is 11.7 Å². The number of nitrogen functional groups attached to an aromatic ring is 1. The first-order valence-corrected chi connectivity index (χ1v) is 14.4. The van der Waals surface area contributed by atoms with Gasteiger partial charge >= 0.3 is 6.09 Å². The topological polar surface area (TPSA) is 119 Å². The van der Waals surface area contributed by atoms with E-state index in [0.29, 0.717) is 23.6 Å². The fraction of sp³-hybridized carbons (Fsp3) is 0.394. The number of fused-ring (bicyclic) bond motifs is 2. The quantitative estimate of drug-likeness (QED) is 0.314. The van der Waals surface area contributed by atoms with Crippen LogP contribution in [0.2, 0.25) is 0 Å². The predicted octanol–water partition coefficient (Wildman–Crippen LogP) is 5.06. The second-order valence-electron chi connectivity index (χ2n) is 11.4. The molecule has 2 aliphatic heterocycles. The van der Waals surface area contributed by atoms with Gasteiger partial charge in [-0.05, 0) is 76.8 Å². The lowest BCUT2D eigenvalue weighted by atomic mass is 10.1. The first-order chi connectivity index (χ1) is 20.6. The van der Waals surface area contributed by atoms with Crippen molar-refractivity contribution >= 4 is 23.3 Å². The number of piperazine rings is 1. The number of nitrogens with zero attached hydrogens (tertiary/aromatic N) is 5. The molecule has 2 unspecified atom stereocenters. The number of allylic oxidation sites excluding steroid dienone is 1. The van der Waals surface area contributed by atoms with Gasteiger partial charge in [0.25, 0.3) is 0 Å². The number of methoxy groups -OCH3 is 1. The third kappa shape index (κ3) is 7.95. The van der Waals surface area contributed by atoms with E-state index in [1.807, 2.05) is 70.2 Å². The Bertz CT molecular complexity index is 1480. The number of amides is 1. The van der Waals surface area contributed by atoms with Gasteiger partial charge in [0.15, 0.2) is 5.82 Å². The summed E-state index contributed by atoms with van der Waals surface area (Å²) in [6.45, 7) is 12.5. The van der Waals surface area contributed by atoms with E-state index in [1.165, 1.54) is 0 Å². The van der Waals surface area contributed by atoms with Crippen molar-refractivity contribution in [1.29, 1.82) is 0 Å². The van der Waals surface area contributed by atoms with Crippen LogP contribution in [0.25, 0.3) is 11.3 Å². The molecular weight excluding hydrogens is 542 g/mol. The summed E-state index contributed by atoms with van der Waals surface area (Å²) in [6, 6.07) is 14.5. The largest absolute Gasteiger partial charge is 0.496 e. The summed E-state index contributed by atoms with van der Waals surface area (Å²) >= 11 is 0. The number of alkyl carbamates (subject to hydrolysis) is 1. The normalized spacial score (nSPS) is 17.1. The molecule has 2 aromatic heterocycles. The van der Waals surface area contributed by atoms with Crippen LogP contribution >= 0.6 is 0 Å². The highest BCUT2D eigenvalue weighted by Gasteiger charge is 2.40. The second-order valence-corrected chi connectivity index (χ2v) is 11.4. The molecule has 10 nitrogen and oxygen atoms in total. The van der Waals surface area contributed by atoms with Gasteiger partial charge in [0.2, 0.25) is 0 Å². The summed E-state index contributed by atoms with van der Waals surface area (Å²) in [5.74, 6) is 7.19. The molecule has 4 heterocycles. The maximum absolute atomic E-state index is 11.8. The van der Waals surface area contributed by atoms with Gasteiger partial charge in [-0.1, -0.05) is 24.1 Å². The molecule has 5 rings (SSSR count). The van der Waals surface area contributed by atoms with E-state index in [0.717, 1.165) is 54.3 Å². The number of hydrogen-bond donors (Lipinski definition) is 2. The molecule has 226 valence electrons. The molecule has 2 bridgehead atoms.